The van der Waals surface area contributed by atoms with Gasteiger partial charge >= 0.3 is 18.2 Å². The van der Waals surface area contributed by atoms with Crippen LogP contribution in [0.4, 0.5) is 14.0 Å². The van der Waals surface area contributed by atoms with Crippen LogP contribution in [0.1, 0.15) is 54.4 Å². The molecule has 0 aromatic heterocycles. The molecule has 0 N–H and O–H groups in total. The maximum Gasteiger partial charge on any atom is 0.420 e. The number of carbonyl (C=O) groups is 3. The Morgan fingerprint density at radius 1 is 1.00 bits per heavy atom. The lowest BCUT2D eigenvalue weighted by molar-refractivity contribution is -0.150. The Morgan fingerprint density at radius 2 is 1.41 bits per heavy atom. The third-order valence-corrected chi connectivity index (χ3v) is 5.56. The molecule has 0 aromatic rings. The first-order valence-corrected chi connectivity index (χ1v) is 12.1. The average Bonchev–Trinajstić information content (AvgIpc) is 3.07. The van der Waals surface area contributed by atoms with Crippen LogP contribution in [0.25, 0.3) is 0 Å². The number of rotatable bonds is 5. The summed E-state index contributed by atoms with van der Waals surface area (Å²) in [6.45, 7) is 12.4. The van der Waals surface area contributed by atoms with Gasteiger partial charge in [-0.05, 0) is 61.3 Å². The molecule has 8 nitrogen and oxygen atoms in total. The zero-order chi connectivity index (χ0) is 23.1. The van der Waals surface area contributed by atoms with E-state index in [1.807, 2.05) is 0 Å². The van der Waals surface area contributed by atoms with Gasteiger partial charge in [-0.3, -0.25) is 0 Å². The van der Waals surface area contributed by atoms with Gasteiger partial charge < -0.3 is 18.8 Å². The molecule has 1 rings (SSSR count). The maximum absolute atomic E-state index is 15.7. The number of imide groups is 1. The summed E-state index contributed by atoms with van der Waals surface area (Å²) in [5.41, 5.74) is -6.55. The first kappa shape index (κ1) is 25.4. The second-order valence-electron chi connectivity index (χ2n) is 9.84. The van der Waals surface area contributed by atoms with Gasteiger partial charge in [0.2, 0.25) is 0 Å². The number of esters is 1. The molecule has 1 aliphatic carbocycles. The summed E-state index contributed by atoms with van der Waals surface area (Å²) in [6, 6.07) is 0. The van der Waals surface area contributed by atoms with Crippen LogP contribution in [0, 0.1) is 0 Å². The number of carbonyl (C=O) groups excluding carboxylic acids is 3. The lowest BCUT2D eigenvalue weighted by Gasteiger charge is -2.33. The lowest BCUT2D eigenvalue weighted by atomic mass is 10.1. The summed E-state index contributed by atoms with van der Waals surface area (Å²) in [5.74, 6) is -1.10. The predicted octanol–water partition coefficient (Wildman–Crippen LogP) is 4.20. The summed E-state index contributed by atoms with van der Waals surface area (Å²) in [4.78, 5) is 38.7. The first-order chi connectivity index (χ1) is 12.8. The van der Waals surface area contributed by atoms with Gasteiger partial charge in [-0.15, -0.1) is 0 Å². The Kier molecular flexibility index (Phi) is 6.92. The Hall–Kier alpha value is -1.63. The highest BCUT2D eigenvalue weighted by atomic mass is 31.2. The van der Waals surface area contributed by atoms with E-state index in [4.69, 9.17) is 14.2 Å². The molecule has 168 valence electrons. The van der Waals surface area contributed by atoms with E-state index in [1.54, 1.807) is 41.5 Å². The normalized spacial score (nSPS) is 24.5. The van der Waals surface area contributed by atoms with Crippen molar-refractivity contribution < 1.29 is 37.5 Å². The van der Waals surface area contributed by atoms with E-state index >= 15 is 4.39 Å². The Labute approximate surface area is 171 Å². The van der Waals surface area contributed by atoms with E-state index in [-0.39, 0.29) is 12.6 Å². The van der Waals surface area contributed by atoms with E-state index in [0.29, 0.717) is 4.90 Å². The first-order valence-electron chi connectivity index (χ1n) is 9.35. The SMILES string of the molecule is COC(=O)[C@]1(N(C(=O)OC(C)(C)C)C(=O)OC(C)(C)C)C[C@@]1(F)CCP(C)(C)=O. The maximum atomic E-state index is 15.7. The lowest BCUT2D eigenvalue weighted by Crippen LogP contribution is -2.57. The summed E-state index contributed by atoms with van der Waals surface area (Å²) in [7, 11) is -1.57. The number of ether oxygens (including phenoxy) is 3. The van der Waals surface area contributed by atoms with Crippen molar-refractivity contribution in [1.29, 1.82) is 0 Å². The number of amides is 2. The van der Waals surface area contributed by atoms with Crippen molar-refractivity contribution in [3.05, 3.63) is 0 Å². The fraction of sp³-hybridized carbons (Fsp3) is 0.842. The van der Waals surface area contributed by atoms with Crippen LogP contribution in [-0.2, 0) is 23.6 Å². The van der Waals surface area contributed by atoms with E-state index < -0.39 is 54.1 Å². The molecule has 1 fully saturated rings. The number of methoxy groups -OCH3 is 1. The van der Waals surface area contributed by atoms with E-state index in [2.05, 4.69) is 0 Å². The molecule has 29 heavy (non-hydrogen) atoms. The highest BCUT2D eigenvalue weighted by Gasteiger charge is 2.81. The van der Waals surface area contributed by atoms with E-state index in [1.165, 1.54) is 13.3 Å². The molecule has 0 radical (unpaired) electrons. The van der Waals surface area contributed by atoms with Crippen LogP contribution in [0.5, 0.6) is 0 Å². The van der Waals surface area contributed by atoms with Gasteiger partial charge in [0.15, 0.2) is 5.54 Å². The van der Waals surface area contributed by atoms with Crippen LogP contribution >= 0.6 is 7.14 Å². The fourth-order valence-electron chi connectivity index (χ4n) is 2.90. The van der Waals surface area contributed by atoms with Crippen molar-refractivity contribution >= 4 is 25.3 Å². The highest BCUT2D eigenvalue weighted by molar-refractivity contribution is 7.62. The van der Waals surface area contributed by atoms with Crippen molar-refractivity contribution in [2.75, 3.05) is 26.6 Å². The number of hydrogen-bond donors (Lipinski definition) is 0. The van der Waals surface area contributed by atoms with Gasteiger partial charge in [0, 0.05) is 12.6 Å². The average molecular weight is 437 g/mol. The third kappa shape index (κ3) is 6.17. The molecule has 0 spiro atoms. The highest BCUT2D eigenvalue weighted by Crippen LogP contribution is 2.60. The third-order valence-electron chi connectivity index (χ3n) is 4.26. The smallest absolute Gasteiger partial charge is 0.420 e. The van der Waals surface area contributed by atoms with Crippen molar-refractivity contribution in [3.8, 4) is 0 Å². The topological polar surface area (TPSA) is 99.2 Å². The molecule has 0 aliphatic heterocycles. The van der Waals surface area contributed by atoms with Gasteiger partial charge in [0.05, 0.1) is 14.3 Å². The largest absolute Gasteiger partial charge is 0.467 e. The van der Waals surface area contributed by atoms with Crippen LogP contribution < -0.4 is 0 Å². The molecule has 0 saturated heterocycles. The quantitative estimate of drug-likeness (QED) is 0.361. The predicted molar refractivity (Wildman–Crippen MR) is 106 cm³/mol. The minimum Gasteiger partial charge on any atom is -0.467 e. The molecule has 1 aliphatic rings. The van der Waals surface area contributed by atoms with Crippen molar-refractivity contribution in [2.24, 2.45) is 0 Å². The number of halogens is 1. The van der Waals surface area contributed by atoms with Gasteiger partial charge in [0.25, 0.3) is 0 Å². The zero-order valence-electron chi connectivity index (χ0n) is 18.8. The van der Waals surface area contributed by atoms with Crippen LogP contribution in [0.2, 0.25) is 0 Å². The second-order valence-corrected chi connectivity index (χ2v) is 13.4. The second kappa shape index (κ2) is 7.89. The zero-order valence-corrected chi connectivity index (χ0v) is 19.6. The molecule has 0 unspecified atom stereocenters. The molecule has 10 heteroatoms. The fourth-order valence-corrected chi connectivity index (χ4v) is 3.79. The number of nitrogens with zero attached hydrogens (tertiary/aromatic N) is 1. The summed E-state index contributed by atoms with van der Waals surface area (Å²) in [5, 5.41) is 0. The molecule has 1 saturated carbocycles. The van der Waals surface area contributed by atoms with Crippen LogP contribution in [0.15, 0.2) is 0 Å². The number of alkyl halides is 1. The minimum atomic E-state index is -2.60. The summed E-state index contributed by atoms with van der Waals surface area (Å²) >= 11 is 0. The van der Waals surface area contributed by atoms with Crippen molar-refractivity contribution in [1.82, 2.24) is 4.90 Å². The minimum absolute atomic E-state index is 0.00127. The molecular formula is C19H33FNO7P. The van der Waals surface area contributed by atoms with Crippen molar-refractivity contribution in [2.45, 2.75) is 76.8 Å². The molecule has 2 atom stereocenters. The van der Waals surface area contributed by atoms with E-state index in [9.17, 15) is 18.9 Å². The molecule has 2 amide bonds. The monoisotopic (exact) mass is 437 g/mol. The number of hydrogen-bond acceptors (Lipinski definition) is 7. The van der Waals surface area contributed by atoms with Gasteiger partial charge in [-0.1, -0.05) is 0 Å². The van der Waals surface area contributed by atoms with Crippen LogP contribution in [0.3, 0.4) is 0 Å². The summed E-state index contributed by atoms with van der Waals surface area (Å²) in [6.07, 6.45) is -3.20. The van der Waals surface area contributed by atoms with Gasteiger partial charge in [0.1, 0.15) is 16.9 Å². The standard InChI is InChI=1S/C19H33FNO7P/c1-16(2,3)27-14(23)21(15(24)28-17(4,5)6)19(13(22)26-7)12-18(19,20)10-11-29(8,9)25/h10-12H2,1-9H3/t18-,19+/m0/s1. The molecule has 0 aromatic carbocycles. The molecule has 0 heterocycles. The Morgan fingerprint density at radius 3 is 1.72 bits per heavy atom. The molecular weight excluding hydrogens is 404 g/mol. The van der Waals surface area contributed by atoms with Gasteiger partial charge in [-0.2, -0.15) is 4.90 Å². The van der Waals surface area contributed by atoms with Crippen molar-refractivity contribution in [3.63, 3.8) is 0 Å². The summed E-state index contributed by atoms with van der Waals surface area (Å²) < 4.78 is 43.1. The Balaban J connectivity index is 3.43. The van der Waals surface area contributed by atoms with Crippen LogP contribution in [-0.4, -0.2) is 72.1 Å². The van der Waals surface area contributed by atoms with Gasteiger partial charge in [-0.25, -0.2) is 18.8 Å². The Bertz CT molecular complexity index is 693. The van der Waals surface area contributed by atoms with E-state index in [0.717, 1.165) is 7.11 Å². The molecule has 0 bridgehead atoms.